The molecule has 0 aliphatic carbocycles. The molecule has 2 heterocycles. The Morgan fingerprint density at radius 1 is 1.04 bits per heavy atom. The molecule has 1 aliphatic rings. The first-order chi connectivity index (χ1) is 12.5. The fourth-order valence-electron chi connectivity index (χ4n) is 3.03. The molecular weight excluding hydrogens is 337 g/mol. The summed E-state index contributed by atoms with van der Waals surface area (Å²) < 4.78 is 23.8. The Morgan fingerprint density at radius 3 is 2.35 bits per heavy atom. The van der Waals surface area contributed by atoms with Crippen LogP contribution in [0.1, 0.15) is 43.2 Å². The maximum Gasteiger partial charge on any atom is 0.375 e. The van der Waals surface area contributed by atoms with Gasteiger partial charge in [0.15, 0.2) is 6.10 Å². The Balaban J connectivity index is 1.62. The highest BCUT2D eigenvalue weighted by Crippen LogP contribution is 2.23. The number of hydrogen-bond donors (Lipinski definition) is 0. The lowest BCUT2D eigenvalue weighted by Gasteiger charge is -2.23. The van der Waals surface area contributed by atoms with E-state index in [9.17, 15) is 14.0 Å². The summed E-state index contributed by atoms with van der Waals surface area (Å²) in [4.78, 5) is 26.5. The summed E-state index contributed by atoms with van der Waals surface area (Å²) >= 11 is 0. The van der Waals surface area contributed by atoms with E-state index in [1.165, 1.54) is 18.2 Å². The number of likely N-dealkylation sites (tertiary alicyclic amines) is 1. The first-order valence-electron chi connectivity index (χ1n) is 8.90. The molecule has 2 aromatic rings. The van der Waals surface area contributed by atoms with Crippen molar-refractivity contribution < 1.29 is 23.1 Å². The van der Waals surface area contributed by atoms with Gasteiger partial charge in [0.25, 0.3) is 5.91 Å². The standard InChI is InChI=1S/C20H22FNO4/c1-14(19(23)22-12-4-2-3-5-13-22)25-20(24)18-11-10-17(26-18)15-6-8-16(21)9-7-15/h6-11,14H,2-5,12-13H2,1H3/t14-/m0/s1. The summed E-state index contributed by atoms with van der Waals surface area (Å²) in [5, 5.41) is 0. The predicted octanol–water partition coefficient (Wildman–Crippen LogP) is 4.03. The second kappa shape index (κ2) is 8.17. The molecule has 1 fully saturated rings. The summed E-state index contributed by atoms with van der Waals surface area (Å²) in [5.74, 6) is -0.760. The number of halogens is 1. The Labute approximate surface area is 151 Å². The number of ether oxygens (including phenoxy) is 1. The summed E-state index contributed by atoms with van der Waals surface area (Å²) in [6, 6.07) is 8.87. The minimum absolute atomic E-state index is 0.0137. The van der Waals surface area contributed by atoms with Crippen LogP contribution in [0.5, 0.6) is 0 Å². The van der Waals surface area contributed by atoms with E-state index in [0.29, 0.717) is 24.4 Å². The van der Waals surface area contributed by atoms with Crippen LogP contribution in [0.3, 0.4) is 0 Å². The van der Waals surface area contributed by atoms with Crippen molar-refractivity contribution in [3.63, 3.8) is 0 Å². The molecule has 26 heavy (non-hydrogen) atoms. The molecule has 0 bridgehead atoms. The highest BCUT2D eigenvalue weighted by molar-refractivity contribution is 5.90. The molecule has 1 aliphatic heterocycles. The van der Waals surface area contributed by atoms with Gasteiger partial charge in [-0.05, 0) is 56.2 Å². The summed E-state index contributed by atoms with van der Waals surface area (Å²) in [6.07, 6.45) is 3.34. The van der Waals surface area contributed by atoms with Gasteiger partial charge < -0.3 is 14.1 Å². The Kier molecular flexibility index (Phi) is 5.71. The maximum atomic E-state index is 13.0. The molecule has 5 nitrogen and oxygen atoms in total. The van der Waals surface area contributed by atoms with Crippen molar-refractivity contribution in [1.29, 1.82) is 0 Å². The average molecular weight is 359 g/mol. The molecule has 1 atom stereocenters. The van der Waals surface area contributed by atoms with Crippen molar-refractivity contribution in [1.82, 2.24) is 4.90 Å². The molecule has 138 valence electrons. The van der Waals surface area contributed by atoms with Gasteiger partial charge >= 0.3 is 5.97 Å². The smallest absolute Gasteiger partial charge is 0.375 e. The zero-order valence-corrected chi connectivity index (χ0v) is 14.7. The molecule has 0 N–H and O–H groups in total. The minimum Gasteiger partial charge on any atom is -0.449 e. The number of rotatable bonds is 4. The van der Waals surface area contributed by atoms with Crippen molar-refractivity contribution >= 4 is 11.9 Å². The van der Waals surface area contributed by atoms with Crippen LogP contribution >= 0.6 is 0 Å². The van der Waals surface area contributed by atoms with Crippen LogP contribution in [0.4, 0.5) is 4.39 Å². The lowest BCUT2D eigenvalue weighted by atomic mass is 10.2. The van der Waals surface area contributed by atoms with Crippen molar-refractivity contribution in [2.75, 3.05) is 13.1 Å². The van der Waals surface area contributed by atoms with Gasteiger partial charge in [-0.3, -0.25) is 4.79 Å². The van der Waals surface area contributed by atoms with Crippen molar-refractivity contribution in [3.05, 3.63) is 48.0 Å². The molecule has 0 saturated carbocycles. The van der Waals surface area contributed by atoms with E-state index in [1.54, 1.807) is 30.0 Å². The number of esters is 1. The molecule has 0 unspecified atom stereocenters. The van der Waals surface area contributed by atoms with Gasteiger partial charge in [-0.1, -0.05) is 12.8 Å². The quantitative estimate of drug-likeness (QED) is 0.773. The Morgan fingerprint density at radius 2 is 1.69 bits per heavy atom. The fourth-order valence-corrected chi connectivity index (χ4v) is 3.03. The van der Waals surface area contributed by atoms with Crippen LogP contribution in [0.15, 0.2) is 40.8 Å². The van der Waals surface area contributed by atoms with Gasteiger partial charge in [-0.25, -0.2) is 9.18 Å². The number of furan rings is 1. The van der Waals surface area contributed by atoms with Crippen LogP contribution in [0.25, 0.3) is 11.3 Å². The van der Waals surface area contributed by atoms with E-state index >= 15 is 0 Å². The first kappa shape index (κ1) is 18.2. The van der Waals surface area contributed by atoms with Gasteiger partial charge in [-0.15, -0.1) is 0 Å². The monoisotopic (exact) mass is 359 g/mol. The number of nitrogens with zero attached hydrogens (tertiary/aromatic N) is 1. The summed E-state index contributed by atoms with van der Waals surface area (Å²) in [5.41, 5.74) is 0.652. The van der Waals surface area contributed by atoms with Gasteiger partial charge in [0.05, 0.1) is 0 Å². The molecule has 1 aromatic carbocycles. The van der Waals surface area contributed by atoms with Gasteiger partial charge in [0.2, 0.25) is 5.76 Å². The van der Waals surface area contributed by atoms with E-state index in [4.69, 9.17) is 9.15 Å². The first-order valence-corrected chi connectivity index (χ1v) is 8.90. The van der Waals surface area contributed by atoms with Crippen LogP contribution in [0, 0.1) is 5.82 Å². The van der Waals surface area contributed by atoms with Crippen LogP contribution in [0.2, 0.25) is 0 Å². The topological polar surface area (TPSA) is 59.8 Å². The molecular formula is C20H22FNO4. The Bertz CT molecular complexity index is 760. The number of benzene rings is 1. The van der Waals surface area contributed by atoms with Crippen molar-refractivity contribution in [2.45, 2.75) is 38.7 Å². The van der Waals surface area contributed by atoms with Crippen molar-refractivity contribution in [3.8, 4) is 11.3 Å². The second-order valence-electron chi connectivity index (χ2n) is 6.46. The number of carbonyl (C=O) groups excluding carboxylic acids is 2. The molecule has 0 spiro atoms. The van der Waals surface area contributed by atoms with Crippen molar-refractivity contribution in [2.24, 2.45) is 0 Å². The molecule has 6 heteroatoms. The summed E-state index contributed by atoms with van der Waals surface area (Å²) in [6.45, 7) is 2.99. The van der Waals surface area contributed by atoms with E-state index in [1.807, 2.05) is 0 Å². The SMILES string of the molecule is C[C@H](OC(=O)c1ccc(-c2ccc(F)cc2)o1)C(=O)N1CCCCCC1. The Hall–Kier alpha value is -2.63. The molecule has 3 rings (SSSR count). The van der Waals surface area contributed by atoms with Gasteiger partial charge in [0, 0.05) is 18.7 Å². The lowest BCUT2D eigenvalue weighted by molar-refractivity contribution is -0.139. The number of carbonyl (C=O) groups is 2. The van der Waals surface area contributed by atoms with Crippen LogP contribution < -0.4 is 0 Å². The largest absolute Gasteiger partial charge is 0.449 e. The van der Waals surface area contributed by atoms with E-state index in [-0.39, 0.29) is 17.5 Å². The zero-order chi connectivity index (χ0) is 18.5. The molecule has 1 saturated heterocycles. The molecule has 1 aromatic heterocycles. The number of amides is 1. The van der Waals surface area contributed by atoms with Gasteiger partial charge in [-0.2, -0.15) is 0 Å². The highest BCUT2D eigenvalue weighted by atomic mass is 19.1. The third-order valence-corrected chi connectivity index (χ3v) is 4.49. The van der Waals surface area contributed by atoms with E-state index in [2.05, 4.69) is 0 Å². The summed E-state index contributed by atoms with van der Waals surface area (Å²) in [7, 11) is 0. The second-order valence-corrected chi connectivity index (χ2v) is 6.46. The van der Waals surface area contributed by atoms with Gasteiger partial charge in [0.1, 0.15) is 11.6 Å². The number of hydrogen-bond acceptors (Lipinski definition) is 4. The third kappa shape index (κ3) is 4.31. The van der Waals surface area contributed by atoms with E-state index in [0.717, 1.165) is 25.7 Å². The van der Waals surface area contributed by atoms with Crippen LogP contribution in [-0.4, -0.2) is 36.0 Å². The third-order valence-electron chi connectivity index (χ3n) is 4.49. The average Bonchev–Trinajstić information content (AvgIpc) is 2.97. The minimum atomic E-state index is -0.861. The van der Waals surface area contributed by atoms with E-state index < -0.39 is 12.1 Å². The van der Waals surface area contributed by atoms with Crippen LogP contribution in [-0.2, 0) is 9.53 Å². The highest BCUT2D eigenvalue weighted by Gasteiger charge is 2.26. The molecule has 1 amide bonds. The fraction of sp³-hybridized carbons (Fsp3) is 0.400. The normalized spacial score (nSPS) is 16.0. The predicted molar refractivity (Wildman–Crippen MR) is 94.0 cm³/mol. The lowest BCUT2D eigenvalue weighted by Crippen LogP contribution is -2.40. The molecule has 0 radical (unpaired) electrons. The maximum absolute atomic E-state index is 13.0. The zero-order valence-electron chi connectivity index (χ0n) is 14.7.